The summed E-state index contributed by atoms with van der Waals surface area (Å²) in [5.74, 6) is -0.185. The Hall–Kier alpha value is -1.34. The molecule has 0 saturated carbocycles. The number of piperidine rings is 1. The van der Waals surface area contributed by atoms with Crippen molar-refractivity contribution in [2.24, 2.45) is 11.1 Å². The van der Waals surface area contributed by atoms with Gasteiger partial charge in [-0.1, -0.05) is 26.8 Å². The zero-order valence-electron chi connectivity index (χ0n) is 11.7. The highest BCUT2D eigenvalue weighted by Crippen LogP contribution is 2.22. The van der Waals surface area contributed by atoms with Crippen LogP contribution in [0.4, 0.5) is 0 Å². The van der Waals surface area contributed by atoms with Gasteiger partial charge in [0.05, 0.1) is 0 Å². The number of nitrogens with zero attached hydrogens (tertiary/aromatic N) is 2. The van der Waals surface area contributed by atoms with E-state index in [-0.39, 0.29) is 29.0 Å². The second-order valence-electron chi connectivity index (χ2n) is 6.18. The van der Waals surface area contributed by atoms with Crippen LogP contribution in [0.5, 0.6) is 0 Å². The first kappa shape index (κ1) is 14.7. The summed E-state index contributed by atoms with van der Waals surface area (Å²) in [5.41, 5.74) is 5.94. The first-order valence-corrected chi connectivity index (χ1v) is 6.44. The van der Waals surface area contributed by atoms with E-state index in [0.29, 0.717) is 6.54 Å². The van der Waals surface area contributed by atoms with Gasteiger partial charge in [-0.25, -0.2) is 0 Å². The predicted octanol–water partition coefficient (Wildman–Crippen LogP) is 1.82. The van der Waals surface area contributed by atoms with Gasteiger partial charge in [-0.05, 0) is 25.2 Å². The summed E-state index contributed by atoms with van der Waals surface area (Å²) in [7, 11) is 0. The Morgan fingerprint density at radius 2 is 2.06 bits per heavy atom. The molecule has 0 aliphatic carbocycles. The van der Waals surface area contributed by atoms with Crippen molar-refractivity contribution in [3.8, 4) is 6.07 Å². The van der Waals surface area contributed by atoms with E-state index in [4.69, 9.17) is 11.0 Å². The molecule has 1 amide bonds. The largest absolute Gasteiger partial charge is 0.334 e. The minimum atomic E-state index is -0.185. The van der Waals surface area contributed by atoms with Gasteiger partial charge in [0.25, 0.3) is 5.91 Å². The van der Waals surface area contributed by atoms with Gasteiger partial charge in [-0.3, -0.25) is 4.79 Å². The van der Waals surface area contributed by atoms with E-state index in [1.807, 2.05) is 33.8 Å². The van der Waals surface area contributed by atoms with Gasteiger partial charge in [0, 0.05) is 18.6 Å². The zero-order chi connectivity index (χ0) is 13.9. The Labute approximate surface area is 109 Å². The van der Waals surface area contributed by atoms with Gasteiger partial charge < -0.3 is 10.6 Å². The van der Waals surface area contributed by atoms with Crippen molar-refractivity contribution in [3.63, 3.8) is 0 Å². The number of hydrogen-bond donors (Lipinski definition) is 1. The first-order valence-electron chi connectivity index (χ1n) is 6.44. The second kappa shape index (κ2) is 5.53. The van der Waals surface area contributed by atoms with Crippen molar-refractivity contribution >= 4 is 5.91 Å². The molecular formula is C14H23N3O. The molecule has 0 spiro atoms. The van der Waals surface area contributed by atoms with Crippen molar-refractivity contribution in [2.45, 2.75) is 52.6 Å². The van der Waals surface area contributed by atoms with Crippen LogP contribution in [-0.2, 0) is 4.79 Å². The quantitative estimate of drug-likeness (QED) is 0.569. The van der Waals surface area contributed by atoms with Gasteiger partial charge in [-0.2, -0.15) is 5.26 Å². The molecule has 0 radical (unpaired) electrons. The number of nitrogens with two attached hydrogens (primary N) is 1. The van der Waals surface area contributed by atoms with Crippen LogP contribution in [0.25, 0.3) is 0 Å². The summed E-state index contributed by atoms with van der Waals surface area (Å²) < 4.78 is 0. The van der Waals surface area contributed by atoms with E-state index in [1.54, 1.807) is 11.0 Å². The van der Waals surface area contributed by atoms with Gasteiger partial charge in [0.15, 0.2) is 0 Å². The lowest BCUT2D eigenvalue weighted by Crippen LogP contribution is -2.50. The van der Waals surface area contributed by atoms with Crippen LogP contribution in [0.3, 0.4) is 0 Å². The van der Waals surface area contributed by atoms with Crippen molar-refractivity contribution in [2.75, 3.05) is 6.54 Å². The number of likely N-dealkylation sites (tertiary alicyclic amines) is 1. The number of carbonyl (C=O) groups is 1. The lowest BCUT2D eigenvalue weighted by atomic mass is 9.92. The molecule has 1 rings (SSSR count). The highest BCUT2D eigenvalue weighted by atomic mass is 16.2. The van der Waals surface area contributed by atoms with Gasteiger partial charge in [0.1, 0.15) is 11.6 Å². The summed E-state index contributed by atoms with van der Waals surface area (Å²) in [4.78, 5) is 14.1. The highest BCUT2D eigenvalue weighted by molar-refractivity contribution is 5.97. The molecule has 2 atom stereocenters. The number of rotatable bonds is 1. The lowest BCUT2D eigenvalue weighted by molar-refractivity contribution is -0.130. The Morgan fingerprint density at radius 3 is 2.56 bits per heavy atom. The Balaban J connectivity index is 2.91. The average Bonchev–Trinajstić information content (AvgIpc) is 2.27. The SMILES string of the molecule is CC1CCC(N)CN1C(=O)/C(C#N)=C/C(C)(C)C. The predicted molar refractivity (Wildman–Crippen MR) is 71.5 cm³/mol. The van der Waals surface area contributed by atoms with Gasteiger partial charge in [-0.15, -0.1) is 0 Å². The van der Waals surface area contributed by atoms with E-state index in [9.17, 15) is 4.79 Å². The van der Waals surface area contributed by atoms with Crippen LogP contribution in [0.2, 0.25) is 0 Å². The topological polar surface area (TPSA) is 70.1 Å². The molecule has 1 aliphatic rings. The van der Waals surface area contributed by atoms with Crippen molar-refractivity contribution < 1.29 is 4.79 Å². The van der Waals surface area contributed by atoms with E-state index in [1.165, 1.54) is 0 Å². The summed E-state index contributed by atoms with van der Waals surface area (Å²) >= 11 is 0. The van der Waals surface area contributed by atoms with Crippen LogP contribution < -0.4 is 5.73 Å². The summed E-state index contributed by atoms with van der Waals surface area (Å²) in [6, 6.07) is 2.21. The fourth-order valence-corrected chi connectivity index (χ4v) is 2.15. The normalized spacial score (nSPS) is 25.8. The molecule has 4 heteroatoms. The number of hydrogen-bond acceptors (Lipinski definition) is 3. The molecule has 0 bridgehead atoms. The molecule has 0 aromatic carbocycles. The monoisotopic (exact) mass is 249 g/mol. The van der Waals surface area contributed by atoms with Crippen LogP contribution in [0, 0.1) is 16.7 Å². The molecule has 18 heavy (non-hydrogen) atoms. The van der Waals surface area contributed by atoms with Crippen LogP contribution in [-0.4, -0.2) is 29.4 Å². The molecule has 1 heterocycles. The number of nitriles is 1. The minimum Gasteiger partial charge on any atom is -0.334 e. The molecule has 1 fully saturated rings. The molecule has 0 aromatic rings. The average molecular weight is 249 g/mol. The first-order chi connectivity index (χ1) is 8.24. The third-order valence-electron chi connectivity index (χ3n) is 3.11. The highest BCUT2D eigenvalue weighted by Gasteiger charge is 2.29. The minimum absolute atomic E-state index is 0.0275. The molecule has 2 unspecified atom stereocenters. The Kier molecular flexibility index (Phi) is 4.53. The maximum Gasteiger partial charge on any atom is 0.264 e. The third-order valence-corrected chi connectivity index (χ3v) is 3.11. The molecule has 1 aliphatic heterocycles. The van der Waals surface area contributed by atoms with Crippen molar-refractivity contribution in [3.05, 3.63) is 11.6 Å². The summed E-state index contributed by atoms with van der Waals surface area (Å²) in [6.45, 7) is 8.48. The molecular weight excluding hydrogens is 226 g/mol. The van der Waals surface area contributed by atoms with Crippen LogP contribution in [0.15, 0.2) is 11.6 Å². The van der Waals surface area contributed by atoms with Crippen LogP contribution >= 0.6 is 0 Å². The maximum atomic E-state index is 12.3. The molecule has 1 saturated heterocycles. The molecule has 0 aromatic heterocycles. The maximum absolute atomic E-state index is 12.3. The fourth-order valence-electron chi connectivity index (χ4n) is 2.15. The smallest absolute Gasteiger partial charge is 0.264 e. The summed E-state index contributed by atoms with van der Waals surface area (Å²) in [6.07, 6.45) is 3.58. The van der Waals surface area contributed by atoms with Crippen molar-refractivity contribution in [1.29, 1.82) is 5.26 Å². The zero-order valence-corrected chi connectivity index (χ0v) is 11.7. The standard InChI is InChI=1S/C14H23N3O/c1-10-5-6-12(16)9-17(10)13(18)11(8-15)7-14(2,3)4/h7,10,12H,5-6,9,16H2,1-4H3/b11-7+. The third kappa shape index (κ3) is 3.85. The van der Waals surface area contributed by atoms with E-state index >= 15 is 0 Å². The van der Waals surface area contributed by atoms with Crippen LogP contribution in [0.1, 0.15) is 40.5 Å². The number of carbonyl (C=O) groups excluding carboxylic acids is 1. The van der Waals surface area contributed by atoms with Gasteiger partial charge >= 0.3 is 0 Å². The lowest BCUT2D eigenvalue weighted by Gasteiger charge is -2.36. The molecule has 100 valence electrons. The van der Waals surface area contributed by atoms with E-state index < -0.39 is 0 Å². The Bertz CT molecular complexity index is 387. The molecule has 4 nitrogen and oxygen atoms in total. The Morgan fingerprint density at radius 1 is 1.44 bits per heavy atom. The van der Waals surface area contributed by atoms with Gasteiger partial charge in [0.2, 0.25) is 0 Å². The van der Waals surface area contributed by atoms with E-state index in [2.05, 4.69) is 0 Å². The van der Waals surface area contributed by atoms with Crippen molar-refractivity contribution in [1.82, 2.24) is 4.90 Å². The second-order valence-corrected chi connectivity index (χ2v) is 6.18. The number of allylic oxidation sites excluding steroid dienone is 1. The number of amides is 1. The molecule has 2 N–H and O–H groups in total. The summed E-state index contributed by atoms with van der Waals surface area (Å²) in [5, 5.41) is 9.15. The van der Waals surface area contributed by atoms with E-state index in [0.717, 1.165) is 12.8 Å². The fraction of sp³-hybridized carbons (Fsp3) is 0.714.